The number of hydrogen-bond donors (Lipinski definition) is 1. The summed E-state index contributed by atoms with van der Waals surface area (Å²) in [6.07, 6.45) is 0. The fraction of sp³-hybridized carbons (Fsp3) is 0.421. The Labute approximate surface area is 157 Å². The molecule has 26 heavy (non-hydrogen) atoms. The maximum atomic E-state index is 12.6. The molecule has 3 rings (SSSR count). The number of aromatic nitrogens is 1. The molecule has 0 bridgehead atoms. The number of rotatable bonds is 4. The first-order valence-electron chi connectivity index (χ1n) is 8.77. The van der Waals surface area contributed by atoms with Crippen molar-refractivity contribution in [1.82, 2.24) is 14.8 Å². The van der Waals surface area contributed by atoms with Gasteiger partial charge in [0.15, 0.2) is 5.13 Å². The van der Waals surface area contributed by atoms with Crippen molar-refractivity contribution in [1.29, 1.82) is 0 Å². The molecule has 138 valence electrons. The average molecular weight is 372 g/mol. The van der Waals surface area contributed by atoms with Crippen LogP contribution in [0.2, 0.25) is 0 Å². The Bertz CT molecular complexity index is 779. The van der Waals surface area contributed by atoms with Crippen LogP contribution in [0.1, 0.15) is 19.4 Å². The number of nitrogens with zero attached hydrogens (tertiary/aromatic N) is 3. The van der Waals surface area contributed by atoms with Crippen LogP contribution < -0.4 is 5.32 Å². The first-order chi connectivity index (χ1) is 12.4. The molecule has 0 radical (unpaired) electrons. The van der Waals surface area contributed by atoms with Gasteiger partial charge in [0.1, 0.15) is 0 Å². The van der Waals surface area contributed by atoms with Crippen LogP contribution >= 0.6 is 11.3 Å². The van der Waals surface area contributed by atoms with Crippen LogP contribution in [0, 0.1) is 6.92 Å². The first-order valence-corrected chi connectivity index (χ1v) is 9.65. The van der Waals surface area contributed by atoms with Crippen LogP contribution in [0.15, 0.2) is 29.6 Å². The van der Waals surface area contributed by atoms with E-state index in [1.807, 2.05) is 36.3 Å². The van der Waals surface area contributed by atoms with Crippen molar-refractivity contribution in [2.45, 2.75) is 26.8 Å². The summed E-state index contributed by atoms with van der Waals surface area (Å²) >= 11 is 1.43. The third kappa shape index (κ3) is 4.28. The summed E-state index contributed by atoms with van der Waals surface area (Å²) < 4.78 is 0. The quantitative estimate of drug-likeness (QED) is 0.896. The third-order valence-corrected chi connectivity index (χ3v) is 5.53. The molecule has 1 unspecified atom stereocenters. The molecule has 2 amide bonds. The minimum atomic E-state index is -0.254. The monoisotopic (exact) mass is 372 g/mol. The van der Waals surface area contributed by atoms with Gasteiger partial charge in [0.05, 0.1) is 11.7 Å². The van der Waals surface area contributed by atoms with E-state index in [4.69, 9.17) is 0 Å². The SMILES string of the molecule is CC(=O)N1CCN(C(C)C(=O)Nc2nc(-c3ccc(C)cc3)cs2)CC1. The van der Waals surface area contributed by atoms with Gasteiger partial charge in [-0.15, -0.1) is 11.3 Å². The van der Waals surface area contributed by atoms with E-state index in [1.165, 1.54) is 16.9 Å². The van der Waals surface area contributed by atoms with E-state index < -0.39 is 0 Å². The second-order valence-corrected chi connectivity index (χ2v) is 7.47. The van der Waals surface area contributed by atoms with Gasteiger partial charge in [0.25, 0.3) is 0 Å². The molecule has 2 aromatic rings. The molecule has 0 spiro atoms. The highest BCUT2D eigenvalue weighted by Gasteiger charge is 2.26. The summed E-state index contributed by atoms with van der Waals surface area (Å²) in [6.45, 7) is 8.28. The maximum Gasteiger partial charge on any atom is 0.243 e. The van der Waals surface area contributed by atoms with Gasteiger partial charge in [-0.05, 0) is 13.8 Å². The van der Waals surface area contributed by atoms with Gasteiger partial charge in [0, 0.05) is 44.0 Å². The van der Waals surface area contributed by atoms with Gasteiger partial charge in [-0.2, -0.15) is 0 Å². The lowest BCUT2D eigenvalue weighted by atomic mass is 10.1. The Kier molecular flexibility index (Phi) is 5.68. The number of hydrogen-bond acceptors (Lipinski definition) is 5. The van der Waals surface area contributed by atoms with E-state index in [0.717, 1.165) is 11.3 Å². The highest BCUT2D eigenvalue weighted by molar-refractivity contribution is 7.14. The van der Waals surface area contributed by atoms with Crippen molar-refractivity contribution in [2.24, 2.45) is 0 Å². The van der Waals surface area contributed by atoms with Crippen molar-refractivity contribution in [3.05, 3.63) is 35.2 Å². The number of carbonyl (C=O) groups excluding carboxylic acids is 2. The van der Waals surface area contributed by atoms with Gasteiger partial charge >= 0.3 is 0 Å². The number of thiazole rings is 1. The minimum Gasteiger partial charge on any atom is -0.340 e. The third-order valence-electron chi connectivity index (χ3n) is 4.77. The largest absolute Gasteiger partial charge is 0.340 e. The molecule has 1 N–H and O–H groups in total. The van der Waals surface area contributed by atoms with Crippen molar-refractivity contribution in [2.75, 3.05) is 31.5 Å². The van der Waals surface area contributed by atoms with Crippen molar-refractivity contribution in [3.8, 4) is 11.3 Å². The Morgan fingerprint density at radius 3 is 2.42 bits per heavy atom. The van der Waals surface area contributed by atoms with Crippen LogP contribution in [-0.4, -0.2) is 58.8 Å². The summed E-state index contributed by atoms with van der Waals surface area (Å²) in [4.78, 5) is 32.4. The molecule has 6 nitrogen and oxygen atoms in total. The molecular weight excluding hydrogens is 348 g/mol. The fourth-order valence-corrected chi connectivity index (χ4v) is 3.71. The average Bonchev–Trinajstić information content (AvgIpc) is 3.10. The molecule has 1 atom stereocenters. The Hall–Kier alpha value is -2.25. The summed E-state index contributed by atoms with van der Waals surface area (Å²) in [5.41, 5.74) is 3.12. The van der Waals surface area contributed by atoms with E-state index in [2.05, 4.69) is 27.3 Å². The zero-order chi connectivity index (χ0) is 18.7. The highest BCUT2D eigenvalue weighted by atomic mass is 32.1. The Morgan fingerprint density at radius 1 is 1.15 bits per heavy atom. The van der Waals surface area contributed by atoms with Crippen molar-refractivity contribution < 1.29 is 9.59 Å². The van der Waals surface area contributed by atoms with E-state index in [1.54, 1.807) is 6.92 Å². The highest BCUT2D eigenvalue weighted by Crippen LogP contribution is 2.25. The van der Waals surface area contributed by atoms with Crippen LogP contribution in [0.4, 0.5) is 5.13 Å². The Morgan fingerprint density at radius 2 is 1.81 bits per heavy atom. The molecule has 0 aliphatic carbocycles. The molecule has 1 aromatic carbocycles. The first kappa shape index (κ1) is 18.5. The van der Waals surface area contributed by atoms with Gasteiger partial charge in [-0.25, -0.2) is 4.98 Å². The minimum absolute atomic E-state index is 0.0638. The van der Waals surface area contributed by atoms with Gasteiger partial charge < -0.3 is 10.2 Å². The lowest BCUT2D eigenvalue weighted by Crippen LogP contribution is -2.53. The molecule has 1 aromatic heterocycles. The van der Waals surface area contributed by atoms with Crippen LogP contribution in [0.5, 0.6) is 0 Å². The Balaban J connectivity index is 1.58. The van der Waals surface area contributed by atoms with Gasteiger partial charge in [-0.3, -0.25) is 14.5 Å². The van der Waals surface area contributed by atoms with Crippen molar-refractivity contribution in [3.63, 3.8) is 0 Å². The zero-order valence-corrected chi connectivity index (χ0v) is 16.2. The van der Waals surface area contributed by atoms with Crippen LogP contribution in [0.3, 0.4) is 0 Å². The van der Waals surface area contributed by atoms with E-state index in [-0.39, 0.29) is 17.9 Å². The van der Waals surface area contributed by atoms with E-state index in [0.29, 0.717) is 31.3 Å². The van der Waals surface area contributed by atoms with Crippen LogP contribution in [-0.2, 0) is 9.59 Å². The summed E-state index contributed by atoms with van der Waals surface area (Å²) in [5, 5.41) is 5.49. The predicted octanol–water partition coefficient (Wildman–Crippen LogP) is 2.61. The second-order valence-electron chi connectivity index (χ2n) is 6.61. The van der Waals surface area contributed by atoms with Crippen molar-refractivity contribution >= 4 is 28.3 Å². The number of nitrogens with one attached hydrogen (secondary N) is 1. The number of benzene rings is 1. The number of carbonyl (C=O) groups is 2. The lowest BCUT2D eigenvalue weighted by Gasteiger charge is -2.36. The summed E-state index contributed by atoms with van der Waals surface area (Å²) in [7, 11) is 0. The lowest BCUT2D eigenvalue weighted by molar-refractivity contribution is -0.131. The van der Waals surface area contributed by atoms with Crippen LogP contribution in [0.25, 0.3) is 11.3 Å². The number of anilines is 1. The zero-order valence-electron chi connectivity index (χ0n) is 15.4. The summed E-state index contributed by atoms with van der Waals surface area (Å²) in [5.74, 6) is 0.0271. The predicted molar refractivity (Wildman–Crippen MR) is 104 cm³/mol. The number of aryl methyl sites for hydroxylation is 1. The van der Waals surface area contributed by atoms with Gasteiger partial charge in [-0.1, -0.05) is 29.8 Å². The molecule has 1 aliphatic heterocycles. The van der Waals surface area contributed by atoms with E-state index >= 15 is 0 Å². The molecule has 7 heteroatoms. The fourth-order valence-electron chi connectivity index (χ4n) is 2.99. The second kappa shape index (κ2) is 7.97. The molecular formula is C19H24N4O2S. The molecule has 1 saturated heterocycles. The summed E-state index contributed by atoms with van der Waals surface area (Å²) in [6, 6.07) is 7.92. The molecule has 0 saturated carbocycles. The molecule has 1 fully saturated rings. The normalized spacial score (nSPS) is 16.3. The molecule has 1 aliphatic rings. The number of amides is 2. The van der Waals surface area contributed by atoms with E-state index in [9.17, 15) is 9.59 Å². The van der Waals surface area contributed by atoms with Gasteiger partial charge in [0.2, 0.25) is 11.8 Å². The maximum absolute atomic E-state index is 12.6. The topological polar surface area (TPSA) is 65.5 Å². The number of piperazine rings is 1. The smallest absolute Gasteiger partial charge is 0.243 e. The molecule has 2 heterocycles. The standard InChI is InChI=1S/C19H24N4O2S/c1-13-4-6-16(7-5-13)17-12-26-19(20-17)21-18(25)14(2)22-8-10-23(11-9-22)15(3)24/h4-7,12,14H,8-11H2,1-3H3,(H,20,21,25).